The fourth-order valence-electron chi connectivity index (χ4n) is 5.08. The molecule has 1 N–H and O–H groups in total. The van der Waals surface area contributed by atoms with Gasteiger partial charge in [0.25, 0.3) is 10.0 Å². The Bertz CT molecular complexity index is 1550. The second kappa shape index (κ2) is 10.9. The maximum atomic E-state index is 14.2. The third kappa shape index (κ3) is 5.24. The molecule has 7 heteroatoms. The lowest BCUT2D eigenvalue weighted by Gasteiger charge is -2.29. The fraction of sp³-hybridized carbons (Fsp3) is 0.258. The van der Waals surface area contributed by atoms with E-state index in [2.05, 4.69) is 10.2 Å². The average Bonchev–Trinajstić information content (AvgIpc) is 2.94. The smallest absolute Gasteiger partial charge is 0.265 e. The molecule has 0 spiro atoms. The summed E-state index contributed by atoms with van der Waals surface area (Å²) in [6.45, 7) is 5.56. The van der Waals surface area contributed by atoms with E-state index in [4.69, 9.17) is 0 Å². The molecule has 196 valence electrons. The molecule has 38 heavy (non-hydrogen) atoms. The Morgan fingerprint density at radius 2 is 1.53 bits per heavy atom. The highest BCUT2D eigenvalue weighted by Crippen LogP contribution is 2.32. The SMILES string of the molecule is Cc1cccc(N(CC(=O)Nc2ccc(N3CCCCC3)cc2)S(=O)(=O)c2cccc3ccccc23)c1C. The van der Waals surface area contributed by atoms with Gasteiger partial charge in [0.05, 0.1) is 10.6 Å². The molecule has 1 aliphatic heterocycles. The normalized spacial score (nSPS) is 13.9. The molecule has 4 aromatic carbocycles. The van der Waals surface area contributed by atoms with Gasteiger partial charge in [-0.15, -0.1) is 0 Å². The summed E-state index contributed by atoms with van der Waals surface area (Å²) in [4.78, 5) is 15.8. The molecule has 6 nitrogen and oxygen atoms in total. The van der Waals surface area contributed by atoms with E-state index in [1.165, 1.54) is 23.6 Å². The maximum absolute atomic E-state index is 14.2. The molecule has 0 atom stereocenters. The first-order valence-corrected chi connectivity index (χ1v) is 14.5. The molecular weight excluding hydrogens is 494 g/mol. The summed E-state index contributed by atoms with van der Waals surface area (Å²) in [6.07, 6.45) is 3.65. The van der Waals surface area contributed by atoms with E-state index in [0.29, 0.717) is 16.8 Å². The number of nitrogens with zero attached hydrogens (tertiary/aromatic N) is 2. The summed E-state index contributed by atoms with van der Waals surface area (Å²) < 4.78 is 29.5. The van der Waals surface area contributed by atoms with Gasteiger partial charge in [-0.2, -0.15) is 0 Å². The van der Waals surface area contributed by atoms with Crippen molar-refractivity contribution in [3.63, 3.8) is 0 Å². The van der Waals surface area contributed by atoms with E-state index in [1.54, 1.807) is 24.3 Å². The summed E-state index contributed by atoms with van der Waals surface area (Å²) >= 11 is 0. The van der Waals surface area contributed by atoms with E-state index >= 15 is 0 Å². The third-order valence-corrected chi connectivity index (χ3v) is 9.14. The Kier molecular flexibility index (Phi) is 7.38. The van der Waals surface area contributed by atoms with Gasteiger partial charge in [-0.25, -0.2) is 8.42 Å². The lowest BCUT2D eigenvalue weighted by Crippen LogP contribution is -2.38. The quantitative estimate of drug-likeness (QED) is 0.307. The zero-order chi connectivity index (χ0) is 26.7. The standard InChI is InChI=1S/C31H33N3O3S/c1-23-10-8-14-29(24(23)2)34(38(36,37)30-15-9-12-25-11-4-5-13-28(25)30)22-31(35)32-26-16-18-27(19-17-26)33-20-6-3-7-21-33/h4-5,8-19H,3,6-7,20-22H2,1-2H3,(H,32,35). The van der Waals surface area contributed by atoms with Crippen molar-refractivity contribution < 1.29 is 13.2 Å². The molecule has 0 aliphatic carbocycles. The first kappa shape index (κ1) is 25.8. The van der Waals surface area contributed by atoms with Crippen molar-refractivity contribution in [2.45, 2.75) is 38.0 Å². The minimum Gasteiger partial charge on any atom is -0.372 e. The number of aryl methyl sites for hydroxylation is 1. The molecule has 0 aromatic heterocycles. The van der Waals surface area contributed by atoms with Gasteiger partial charge in [-0.3, -0.25) is 9.10 Å². The first-order valence-electron chi connectivity index (χ1n) is 13.1. The molecular formula is C31H33N3O3S. The van der Waals surface area contributed by atoms with Crippen LogP contribution in [0.25, 0.3) is 10.8 Å². The van der Waals surface area contributed by atoms with Crippen molar-refractivity contribution in [2.24, 2.45) is 0 Å². The van der Waals surface area contributed by atoms with Crippen molar-refractivity contribution in [1.29, 1.82) is 0 Å². The van der Waals surface area contributed by atoms with Crippen LogP contribution in [0, 0.1) is 13.8 Å². The number of carbonyl (C=O) groups excluding carboxylic acids is 1. The molecule has 1 amide bonds. The molecule has 0 saturated carbocycles. The summed E-state index contributed by atoms with van der Waals surface area (Å²) in [6, 6.07) is 25.9. The lowest BCUT2D eigenvalue weighted by atomic mass is 10.1. The van der Waals surface area contributed by atoms with E-state index in [9.17, 15) is 13.2 Å². The van der Waals surface area contributed by atoms with Crippen LogP contribution in [0.3, 0.4) is 0 Å². The van der Waals surface area contributed by atoms with E-state index in [0.717, 1.165) is 35.3 Å². The number of anilines is 3. The minimum atomic E-state index is -4.06. The van der Waals surface area contributed by atoms with E-state index in [-0.39, 0.29) is 11.4 Å². The van der Waals surface area contributed by atoms with Gasteiger partial charge in [-0.05, 0) is 86.0 Å². The number of benzene rings is 4. The predicted molar refractivity (Wildman–Crippen MR) is 156 cm³/mol. The van der Waals surface area contributed by atoms with Crippen molar-refractivity contribution >= 4 is 43.8 Å². The van der Waals surface area contributed by atoms with Crippen molar-refractivity contribution in [1.82, 2.24) is 0 Å². The summed E-state index contributed by atoms with van der Waals surface area (Å²) in [5, 5.41) is 4.35. The first-order chi connectivity index (χ1) is 18.3. The number of sulfonamides is 1. The largest absolute Gasteiger partial charge is 0.372 e. The van der Waals surface area contributed by atoms with Crippen LogP contribution in [0.15, 0.2) is 89.8 Å². The Balaban J connectivity index is 1.45. The van der Waals surface area contributed by atoms with E-state index in [1.807, 2.05) is 74.5 Å². The highest BCUT2D eigenvalue weighted by Gasteiger charge is 2.30. The zero-order valence-corrected chi connectivity index (χ0v) is 22.7. The topological polar surface area (TPSA) is 69.7 Å². The van der Waals surface area contributed by atoms with Crippen LogP contribution in [0.5, 0.6) is 0 Å². The molecule has 1 fully saturated rings. The monoisotopic (exact) mass is 527 g/mol. The Labute approximate surface area is 224 Å². The van der Waals surface area contributed by atoms with Gasteiger partial charge in [-0.1, -0.05) is 48.5 Å². The predicted octanol–water partition coefficient (Wildman–Crippen LogP) is 6.28. The molecule has 1 heterocycles. The van der Waals surface area contributed by atoms with Gasteiger partial charge < -0.3 is 10.2 Å². The number of amides is 1. The maximum Gasteiger partial charge on any atom is 0.265 e. The van der Waals surface area contributed by atoms with Crippen LogP contribution in [-0.4, -0.2) is 34.0 Å². The second-order valence-corrected chi connectivity index (χ2v) is 11.7. The molecule has 0 unspecified atom stereocenters. The van der Waals surface area contributed by atoms with E-state index < -0.39 is 15.9 Å². The van der Waals surface area contributed by atoms with Crippen LogP contribution in [0.1, 0.15) is 30.4 Å². The Morgan fingerprint density at radius 1 is 0.842 bits per heavy atom. The second-order valence-electron chi connectivity index (χ2n) is 9.85. The molecule has 0 bridgehead atoms. The number of hydrogen-bond acceptors (Lipinski definition) is 4. The van der Waals surface area contributed by atoms with Crippen molar-refractivity contribution in [3.8, 4) is 0 Å². The summed E-state index contributed by atoms with van der Waals surface area (Å²) in [5.41, 5.74) is 4.04. The van der Waals surface area contributed by atoms with Gasteiger partial charge in [0.1, 0.15) is 6.54 Å². The number of nitrogens with one attached hydrogen (secondary N) is 1. The number of piperidine rings is 1. The number of carbonyl (C=O) groups is 1. The van der Waals surface area contributed by atoms with Gasteiger partial charge in [0.2, 0.25) is 5.91 Å². The highest BCUT2D eigenvalue weighted by atomic mass is 32.2. The molecule has 5 rings (SSSR count). The molecule has 1 aliphatic rings. The molecule has 4 aromatic rings. The third-order valence-electron chi connectivity index (χ3n) is 7.32. The Morgan fingerprint density at radius 3 is 2.29 bits per heavy atom. The van der Waals surface area contributed by atoms with Crippen LogP contribution < -0.4 is 14.5 Å². The summed E-state index contributed by atoms with van der Waals surface area (Å²) in [5.74, 6) is -0.402. The van der Waals surface area contributed by atoms with Crippen LogP contribution in [-0.2, 0) is 14.8 Å². The average molecular weight is 528 g/mol. The molecule has 0 radical (unpaired) electrons. The van der Waals surface area contributed by atoms with Crippen LogP contribution in [0.2, 0.25) is 0 Å². The molecule has 1 saturated heterocycles. The van der Waals surface area contributed by atoms with Crippen molar-refractivity contribution in [2.75, 3.05) is 34.2 Å². The number of fused-ring (bicyclic) bond motifs is 1. The number of rotatable bonds is 7. The Hall–Kier alpha value is -3.84. The minimum absolute atomic E-state index is 0.176. The van der Waals surface area contributed by atoms with Gasteiger partial charge >= 0.3 is 0 Å². The fourth-order valence-corrected chi connectivity index (χ4v) is 6.78. The lowest BCUT2D eigenvalue weighted by molar-refractivity contribution is -0.114. The summed E-state index contributed by atoms with van der Waals surface area (Å²) in [7, 11) is -4.06. The highest BCUT2D eigenvalue weighted by molar-refractivity contribution is 7.93. The van der Waals surface area contributed by atoms with Crippen LogP contribution >= 0.6 is 0 Å². The van der Waals surface area contributed by atoms with Gasteiger partial charge in [0.15, 0.2) is 0 Å². The zero-order valence-electron chi connectivity index (χ0n) is 21.9. The van der Waals surface area contributed by atoms with Gasteiger partial charge in [0, 0.05) is 29.9 Å². The number of hydrogen-bond donors (Lipinski definition) is 1. The van der Waals surface area contributed by atoms with Crippen molar-refractivity contribution in [3.05, 3.63) is 96.1 Å². The van der Waals surface area contributed by atoms with Crippen LogP contribution in [0.4, 0.5) is 17.1 Å².